The second-order valence-electron chi connectivity index (χ2n) is 14.5. The van der Waals surface area contributed by atoms with Gasteiger partial charge in [0, 0.05) is 38.2 Å². The van der Waals surface area contributed by atoms with Crippen molar-refractivity contribution in [2.24, 2.45) is 5.92 Å². The number of piperazine rings is 1. The number of hydrogen-bond acceptors (Lipinski definition) is 13. The van der Waals surface area contributed by atoms with Gasteiger partial charge in [-0.25, -0.2) is 4.79 Å². The quantitative estimate of drug-likeness (QED) is 0.168. The summed E-state index contributed by atoms with van der Waals surface area (Å²) in [7, 11) is 7.03. The summed E-state index contributed by atoms with van der Waals surface area (Å²) in [4.78, 5) is 58.8. The van der Waals surface area contributed by atoms with Crippen molar-refractivity contribution in [3.8, 4) is 17.2 Å². The smallest absolute Gasteiger partial charge is 0.410 e. The Morgan fingerprint density at radius 2 is 1.75 bits per heavy atom. The first-order chi connectivity index (χ1) is 24.1. The average Bonchev–Trinajstić information content (AvgIpc) is 3.80. The maximum absolute atomic E-state index is 13.2. The van der Waals surface area contributed by atoms with Crippen molar-refractivity contribution in [3.05, 3.63) is 35.8 Å². The molecule has 3 aromatic rings. The van der Waals surface area contributed by atoms with Gasteiger partial charge in [0.15, 0.2) is 23.1 Å². The summed E-state index contributed by atoms with van der Waals surface area (Å²) in [6.45, 7) is 7.67. The number of aromatic nitrogens is 4. The highest BCUT2D eigenvalue weighted by atomic mass is 16.6. The summed E-state index contributed by atoms with van der Waals surface area (Å²) >= 11 is 0. The molecule has 1 saturated carbocycles. The first-order valence-electron chi connectivity index (χ1n) is 16.8. The molecular weight excluding hydrogens is 657 g/mol. The van der Waals surface area contributed by atoms with Crippen LogP contribution in [-0.2, 0) is 20.9 Å². The van der Waals surface area contributed by atoms with Gasteiger partial charge < -0.3 is 40.2 Å². The molecule has 2 aliphatic rings. The molecule has 2 aromatic heterocycles. The van der Waals surface area contributed by atoms with Crippen LogP contribution >= 0.6 is 0 Å². The van der Waals surface area contributed by atoms with Crippen molar-refractivity contribution in [1.29, 1.82) is 0 Å². The molecule has 5 rings (SSSR count). The predicted octanol–water partition coefficient (Wildman–Crippen LogP) is -0.963. The van der Waals surface area contributed by atoms with E-state index in [1.807, 2.05) is 49.2 Å². The van der Waals surface area contributed by atoms with Gasteiger partial charge in [-0.15, -0.1) is 10.2 Å². The lowest BCUT2D eigenvalue weighted by Crippen LogP contribution is -2.52. The average molecular weight is 700 g/mol. The Balaban J connectivity index is 1.24. The molecule has 51 heavy (non-hydrogen) atoms. The van der Waals surface area contributed by atoms with Crippen LogP contribution in [0.3, 0.4) is 0 Å². The van der Waals surface area contributed by atoms with Crippen LogP contribution in [0.1, 0.15) is 49.9 Å². The first kappa shape index (κ1) is 37.1. The van der Waals surface area contributed by atoms with Crippen molar-refractivity contribution in [3.63, 3.8) is 0 Å². The number of carbonyl (C=O) groups excluding carboxylic acids is 4. The fourth-order valence-electron chi connectivity index (χ4n) is 5.15. The number of rotatable bonds is 12. The van der Waals surface area contributed by atoms with Crippen LogP contribution < -0.4 is 26.0 Å². The van der Waals surface area contributed by atoms with Crippen molar-refractivity contribution in [2.75, 3.05) is 50.5 Å². The zero-order valence-corrected chi connectivity index (χ0v) is 30.1. The molecule has 0 atom stereocenters. The van der Waals surface area contributed by atoms with Crippen molar-refractivity contribution in [1.82, 2.24) is 40.8 Å². The Labute approximate surface area is 298 Å². The number of methoxy groups -OCH3 is 1. The fourth-order valence-corrected chi connectivity index (χ4v) is 5.15. The maximum Gasteiger partial charge on any atom is 0.410 e. The highest BCUT2D eigenvalue weighted by Gasteiger charge is 2.31. The molecule has 17 nitrogen and oxygen atoms in total. The number of nitrogens with one attached hydrogen (secondary N) is 4. The van der Waals surface area contributed by atoms with E-state index >= 15 is 0 Å². The van der Waals surface area contributed by atoms with Crippen LogP contribution in [-0.4, -0.2) is 128 Å². The molecule has 1 aliphatic heterocycles. The summed E-state index contributed by atoms with van der Waals surface area (Å²) in [5.74, 6) is 0.0551. The number of amides is 4. The van der Waals surface area contributed by atoms with Crippen LogP contribution in [0.5, 0.6) is 5.75 Å². The Morgan fingerprint density at radius 3 is 2.39 bits per heavy atom. The highest BCUT2D eigenvalue weighted by molar-refractivity contribution is 6.60. The highest BCUT2D eigenvalue weighted by Crippen LogP contribution is 2.38. The van der Waals surface area contributed by atoms with E-state index in [4.69, 9.17) is 14.0 Å². The minimum Gasteiger partial charge on any atom is -0.494 e. The van der Waals surface area contributed by atoms with Gasteiger partial charge in [0.2, 0.25) is 11.8 Å². The molecule has 0 spiro atoms. The normalized spacial score (nSPS) is 15.1. The van der Waals surface area contributed by atoms with E-state index < -0.39 is 16.7 Å². The third-order valence-electron chi connectivity index (χ3n) is 7.72. The molecule has 0 radical (unpaired) electrons. The molecule has 2 fully saturated rings. The van der Waals surface area contributed by atoms with Crippen molar-refractivity contribution in [2.45, 2.75) is 51.0 Å². The topological polar surface area (TPSA) is 206 Å². The van der Waals surface area contributed by atoms with E-state index in [1.165, 1.54) is 7.11 Å². The second-order valence-corrected chi connectivity index (χ2v) is 14.5. The van der Waals surface area contributed by atoms with Gasteiger partial charge in [-0.3, -0.25) is 19.3 Å². The third-order valence-corrected chi connectivity index (χ3v) is 7.72. The Bertz CT molecular complexity index is 1770. The SMILES string of the molecule is BC(B)(B)NC(=O)c1nnc(NC(=O)C2CC2)cc1Nc1cccc(-c2nc(CNC(=O)CN3CCN(C(=O)OC(C)(C)C)CC3)no2)c1OC. The molecule has 1 saturated heterocycles. The summed E-state index contributed by atoms with van der Waals surface area (Å²) in [5, 5.41) is 23.4. The summed E-state index contributed by atoms with van der Waals surface area (Å²) < 4.78 is 16.7. The molecule has 1 aromatic carbocycles. The molecule has 4 N–H and O–H groups in total. The van der Waals surface area contributed by atoms with Crippen LogP contribution in [0.4, 0.5) is 22.0 Å². The minimum absolute atomic E-state index is 0.0162. The summed E-state index contributed by atoms with van der Waals surface area (Å²) in [6.07, 6.45) is 1.28. The number of para-hydroxylation sites is 1. The number of hydrogen-bond donors (Lipinski definition) is 4. The molecular formula is C31H43B3N10O7. The van der Waals surface area contributed by atoms with Crippen molar-refractivity contribution >= 4 is 64.5 Å². The lowest BCUT2D eigenvalue weighted by atomic mass is 9.49. The number of carbonyl (C=O) groups is 4. The third kappa shape index (κ3) is 10.4. The molecule has 1 aliphatic carbocycles. The van der Waals surface area contributed by atoms with Crippen LogP contribution in [0.25, 0.3) is 11.5 Å². The molecule has 0 bridgehead atoms. The molecule has 0 unspecified atom stereocenters. The number of ether oxygens (including phenoxy) is 2. The fraction of sp³-hybridized carbons (Fsp3) is 0.484. The number of benzene rings is 1. The molecule has 268 valence electrons. The van der Waals surface area contributed by atoms with Gasteiger partial charge in [0.1, 0.15) is 29.1 Å². The van der Waals surface area contributed by atoms with E-state index in [2.05, 4.69) is 41.6 Å². The zero-order chi connectivity index (χ0) is 36.9. The van der Waals surface area contributed by atoms with E-state index in [1.54, 1.807) is 29.2 Å². The Hall–Kier alpha value is -5.13. The first-order valence-corrected chi connectivity index (χ1v) is 16.8. The maximum atomic E-state index is 13.2. The van der Waals surface area contributed by atoms with E-state index in [0.717, 1.165) is 12.8 Å². The zero-order valence-electron chi connectivity index (χ0n) is 30.1. The van der Waals surface area contributed by atoms with Gasteiger partial charge >= 0.3 is 6.09 Å². The molecule has 4 amide bonds. The van der Waals surface area contributed by atoms with Gasteiger partial charge in [-0.2, -0.15) is 4.98 Å². The summed E-state index contributed by atoms with van der Waals surface area (Å²) in [6, 6.07) is 6.76. The van der Waals surface area contributed by atoms with Crippen molar-refractivity contribution < 1.29 is 33.2 Å². The largest absolute Gasteiger partial charge is 0.494 e. The minimum atomic E-state index is -0.568. The lowest BCUT2D eigenvalue weighted by molar-refractivity contribution is -0.122. The second kappa shape index (κ2) is 15.4. The molecule has 3 heterocycles. The van der Waals surface area contributed by atoms with Gasteiger partial charge in [-0.05, 0) is 51.0 Å². The van der Waals surface area contributed by atoms with Gasteiger partial charge in [-0.1, -0.05) is 11.2 Å². The lowest BCUT2D eigenvalue weighted by Gasteiger charge is -2.35. The predicted molar refractivity (Wildman–Crippen MR) is 195 cm³/mol. The van der Waals surface area contributed by atoms with E-state index in [0.29, 0.717) is 43.2 Å². The monoisotopic (exact) mass is 700 g/mol. The van der Waals surface area contributed by atoms with Gasteiger partial charge in [0.25, 0.3) is 11.8 Å². The van der Waals surface area contributed by atoms with Gasteiger partial charge in [0.05, 0.1) is 37.1 Å². The number of anilines is 3. The van der Waals surface area contributed by atoms with Crippen LogP contribution in [0, 0.1) is 5.92 Å². The molecule has 20 heteroatoms. The standard InChI is InChI=1S/C31H43B3N10O7/c1-30(2,3)50-29(48)44-12-10-43(11-13-44)16-23(45)35-15-22-38-28(51-42-22)18-6-5-7-19(25(18)49-4)36-20-14-21(37-26(46)17-8-9-17)40-41-24(20)27(47)39-31(32,33)34/h5-7,14,17H,8-13,15-16,32-34H2,1-4H3,(H,35,45)(H,39,47)(H2,36,37,40,46). The van der Waals surface area contributed by atoms with E-state index in [9.17, 15) is 19.2 Å². The Morgan fingerprint density at radius 1 is 1.02 bits per heavy atom. The van der Waals surface area contributed by atoms with E-state index in [-0.39, 0.29) is 65.8 Å². The summed E-state index contributed by atoms with van der Waals surface area (Å²) in [5.41, 5.74) is 0.644. The Kier molecular flexibility index (Phi) is 11.2. The number of nitrogens with zero attached hydrogens (tertiary/aromatic N) is 6. The van der Waals surface area contributed by atoms with Crippen LogP contribution in [0.15, 0.2) is 28.8 Å². The van der Waals surface area contributed by atoms with Crippen LogP contribution in [0.2, 0.25) is 0 Å².